The van der Waals surface area contributed by atoms with E-state index in [1.807, 2.05) is 43.3 Å². The molecular formula is C20H14Cl2N2O. The van der Waals surface area contributed by atoms with Gasteiger partial charge in [0.1, 0.15) is 11.6 Å². The molecule has 0 fully saturated rings. The van der Waals surface area contributed by atoms with Gasteiger partial charge in [-0.1, -0.05) is 59.1 Å². The van der Waals surface area contributed by atoms with E-state index in [9.17, 15) is 10.1 Å². The molecule has 0 atom stereocenters. The van der Waals surface area contributed by atoms with E-state index in [2.05, 4.69) is 0 Å². The Kier molecular flexibility index (Phi) is 4.94. The summed E-state index contributed by atoms with van der Waals surface area (Å²) in [5, 5.41) is 10.2. The largest absolute Gasteiger partial charge is 0.309 e. The Hall–Kier alpha value is -2.54. The Bertz CT molecular complexity index is 1030. The van der Waals surface area contributed by atoms with Crippen LogP contribution in [0.15, 0.2) is 59.5 Å². The average Bonchev–Trinajstić information content (AvgIpc) is 2.60. The molecule has 0 N–H and O–H groups in total. The summed E-state index contributed by atoms with van der Waals surface area (Å²) in [5.74, 6) is 0. The molecule has 0 saturated carbocycles. The van der Waals surface area contributed by atoms with Crippen molar-refractivity contribution in [2.75, 3.05) is 0 Å². The van der Waals surface area contributed by atoms with E-state index in [1.165, 1.54) is 4.57 Å². The smallest absolute Gasteiger partial charge is 0.268 e. The van der Waals surface area contributed by atoms with E-state index < -0.39 is 0 Å². The second kappa shape index (κ2) is 7.14. The maximum absolute atomic E-state index is 12.5. The van der Waals surface area contributed by atoms with Gasteiger partial charge in [0.25, 0.3) is 5.56 Å². The van der Waals surface area contributed by atoms with Gasteiger partial charge in [0, 0.05) is 6.20 Å². The van der Waals surface area contributed by atoms with Crippen LogP contribution in [-0.2, 0) is 6.54 Å². The predicted molar refractivity (Wildman–Crippen MR) is 101 cm³/mol. The van der Waals surface area contributed by atoms with Crippen LogP contribution in [0.25, 0.3) is 11.1 Å². The van der Waals surface area contributed by atoms with Crippen molar-refractivity contribution in [3.63, 3.8) is 0 Å². The number of hydrogen-bond acceptors (Lipinski definition) is 2. The molecule has 5 heteroatoms. The molecule has 3 aromatic rings. The summed E-state index contributed by atoms with van der Waals surface area (Å²) in [5.41, 5.74) is 3.53. The number of aryl methyl sites for hydroxylation is 1. The van der Waals surface area contributed by atoms with Crippen molar-refractivity contribution in [1.82, 2.24) is 4.57 Å². The highest BCUT2D eigenvalue weighted by molar-refractivity contribution is 6.42. The van der Waals surface area contributed by atoms with Gasteiger partial charge in [-0.25, -0.2) is 0 Å². The summed E-state index contributed by atoms with van der Waals surface area (Å²) < 4.78 is 1.52. The summed E-state index contributed by atoms with van der Waals surface area (Å²) in [6.45, 7) is 2.32. The number of rotatable bonds is 3. The van der Waals surface area contributed by atoms with Crippen molar-refractivity contribution in [2.24, 2.45) is 0 Å². The number of halogens is 2. The van der Waals surface area contributed by atoms with Crippen LogP contribution >= 0.6 is 23.2 Å². The second-order valence-corrected chi connectivity index (χ2v) is 6.62. The normalized spacial score (nSPS) is 10.5. The molecule has 2 aromatic carbocycles. The molecule has 3 nitrogen and oxygen atoms in total. The number of pyridine rings is 1. The summed E-state index contributed by atoms with van der Waals surface area (Å²) in [4.78, 5) is 12.5. The van der Waals surface area contributed by atoms with E-state index in [0.717, 1.165) is 22.3 Å². The van der Waals surface area contributed by atoms with E-state index in [1.54, 1.807) is 24.4 Å². The minimum absolute atomic E-state index is 0.109. The molecule has 0 bridgehead atoms. The van der Waals surface area contributed by atoms with Gasteiger partial charge in [-0.3, -0.25) is 4.79 Å². The van der Waals surface area contributed by atoms with Crippen molar-refractivity contribution in [3.05, 3.63) is 91.8 Å². The summed E-state index contributed by atoms with van der Waals surface area (Å²) >= 11 is 12.0. The summed E-state index contributed by atoms with van der Waals surface area (Å²) in [7, 11) is 0. The maximum Gasteiger partial charge on any atom is 0.268 e. The third kappa shape index (κ3) is 3.76. The number of hydrogen-bond donors (Lipinski definition) is 0. The SMILES string of the molecule is Cc1ccc(-c2cc(C#N)c(=O)n(Cc3ccc(Cl)c(Cl)c3)c2)cc1. The van der Waals surface area contributed by atoms with Crippen LogP contribution in [0.4, 0.5) is 0 Å². The fraction of sp³-hybridized carbons (Fsp3) is 0.100. The highest BCUT2D eigenvalue weighted by atomic mass is 35.5. The van der Waals surface area contributed by atoms with Crippen molar-refractivity contribution in [2.45, 2.75) is 13.5 Å². The first-order chi connectivity index (χ1) is 12.0. The molecule has 1 heterocycles. The topological polar surface area (TPSA) is 45.8 Å². The predicted octanol–water partition coefficient (Wildman–Crippen LogP) is 5.05. The average molecular weight is 369 g/mol. The number of aromatic nitrogens is 1. The van der Waals surface area contributed by atoms with Crippen LogP contribution in [0, 0.1) is 18.3 Å². The highest BCUT2D eigenvalue weighted by Gasteiger charge is 2.09. The molecule has 25 heavy (non-hydrogen) atoms. The van der Waals surface area contributed by atoms with E-state index in [4.69, 9.17) is 23.2 Å². The molecule has 0 unspecified atom stereocenters. The fourth-order valence-corrected chi connectivity index (χ4v) is 2.89. The molecule has 0 aliphatic heterocycles. The van der Waals surface area contributed by atoms with Gasteiger partial charge in [-0.05, 0) is 41.8 Å². The van der Waals surface area contributed by atoms with Gasteiger partial charge in [0.2, 0.25) is 0 Å². The quantitative estimate of drug-likeness (QED) is 0.649. The molecule has 0 aliphatic carbocycles. The molecule has 0 spiro atoms. The van der Waals surface area contributed by atoms with Gasteiger partial charge in [0.05, 0.1) is 16.6 Å². The van der Waals surface area contributed by atoms with Crippen LogP contribution in [0.2, 0.25) is 10.0 Å². The molecular weight excluding hydrogens is 355 g/mol. The number of benzene rings is 2. The lowest BCUT2D eigenvalue weighted by atomic mass is 10.0. The first kappa shape index (κ1) is 17.3. The Balaban J connectivity index is 2.07. The summed E-state index contributed by atoms with van der Waals surface area (Å²) in [6.07, 6.45) is 1.76. The van der Waals surface area contributed by atoms with Crippen molar-refractivity contribution in [1.29, 1.82) is 5.26 Å². The van der Waals surface area contributed by atoms with Crippen LogP contribution < -0.4 is 5.56 Å². The lowest BCUT2D eigenvalue weighted by molar-refractivity contribution is 0.758. The number of nitriles is 1. The third-order valence-corrected chi connectivity index (χ3v) is 4.67. The van der Waals surface area contributed by atoms with Crippen LogP contribution in [0.1, 0.15) is 16.7 Å². The molecule has 3 rings (SSSR count). The van der Waals surface area contributed by atoms with Gasteiger partial charge in [0.15, 0.2) is 0 Å². The van der Waals surface area contributed by atoms with Gasteiger partial charge in [-0.15, -0.1) is 0 Å². The first-order valence-electron chi connectivity index (χ1n) is 7.63. The Morgan fingerprint density at radius 3 is 2.36 bits per heavy atom. The highest BCUT2D eigenvalue weighted by Crippen LogP contribution is 2.24. The maximum atomic E-state index is 12.5. The van der Waals surface area contributed by atoms with E-state index >= 15 is 0 Å². The minimum atomic E-state index is -0.329. The minimum Gasteiger partial charge on any atom is -0.309 e. The molecule has 124 valence electrons. The molecule has 0 radical (unpaired) electrons. The first-order valence-corrected chi connectivity index (χ1v) is 8.39. The van der Waals surface area contributed by atoms with E-state index in [0.29, 0.717) is 16.6 Å². The second-order valence-electron chi connectivity index (χ2n) is 5.80. The van der Waals surface area contributed by atoms with Crippen LogP contribution in [-0.4, -0.2) is 4.57 Å². The standard InChI is InChI=1S/C20H14Cl2N2O/c1-13-2-5-15(6-3-13)17-9-16(10-23)20(25)24(12-17)11-14-4-7-18(21)19(22)8-14/h2-9,12H,11H2,1H3. The van der Waals surface area contributed by atoms with Crippen molar-refractivity contribution in [3.8, 4) is 17.2 Å². The zero-order valence-corrected chi connectivity index (χ0v) is 15.0. The molecule has 0 saturated heterocycles. The van der Waals surface area contributed by atoms with Crippen molar-refractivity contribution >= 4 is 23.2 Å². The lowest BCUT2D eigenvalue weighted by Gasteiger charge is -2.11. The Morgan fingerprint density at radius 1 is 1.00 bits per heavy atom. The Morgan fingerprint density at radius 2 is 1.72 bits per heavy atom. The molecule has 0 amide bonds. The lowest BCUT2D eigenvalue weighted by Crippen LogP contribution is -2.22. The van der Waals surface area contributed by atoms with Gasteiger partial charge >= 0.3 is 0 Å². The zero-order valence-electron chi connectivity index (χ0n) is 13.5. The third-order valence-electron chi connectivity index (χ3n) is 3.93. The van der Waals surface area contributed by atoms with Crippen LogP contribution in [0.5, 0.6) is 0 Å². The zero-order chi connectivity index (χ0) is 18.0. The Labute approximate surface area is 155 Å². The summed E-state index contributed by atoms with van der Waals surface area (Å²) in [6, 6.07) is 16.8. The van der Waals surface area contributed by atoms with Gasteiger partial charge < -0.3 is 4.57 Å². The number of nitrogens with zero attached hydrogens (tertiary/aromatic N) is 2. The van der Waals surface area contributed by atoms with Crippen molar-refractivity contribution < 1.29 is 0 Å². The molecule has 1 aromatic heterocycles. The van der Waals surface area contributed by atoms with Gasteiger partial charge in [-0.2, -0.15) is 5.26 Å². The fourth-order valence-electron chi connectivity index (χ4n) is 2.57. The monoisotopic (exact) mass is 368 g/mol. The van der Waals surface area contributed by atoms with E-state index in [-0.39, 0.29) is 11.1 Å². The van der Waals surface area contributed by atoms with Crippen LogP contribution in [0.3, 0.4) is 0 Å². The molecule has 0 aliphatic rings.